The summed E-state index contributed by atoms with van der Waals surface area (Å²) >= 11 is 1.33. The average molecular weight is 410 g/mol. The molecule has 2 amide bonds. The van der Waals surface area contributed by atoms with Crippen molar-refractivity contribution in [2.75, 3.05) is 17.6 Å². The Hall–Kier alpha value is -3.13. The lowest BCUT2D eigenvalue weighted by Gasteiger charge is -2.10. The van der Waals surface area contributed by atoms with Crippen LogP contribution in [0.25, 0.3) is 0 Å². The van der Waals surface area contributed by atoms with Gasteiger partial charge in [-0.05, 0) is 38.1 Å². The molecule has 0 spiro atoms. The van der Waals surface area contributed by atoms with E-state index in [2.05, 4.69) is 20.8 Å². The molecule has 3 rings (SSSR count). The molecule has 0 radical (unpaired) electrons. The van der Waals surface area contributed by atoms with Gasteiger partial charge in [-0.2, -0.15) is 4.98 Å². The first-order valence-corrected chi connectivity index (χ1v) is 10.2. The first kappa shape index (κ1) is 20.6. The van der Waals surface area contributed by atoms with Crippen LogP contribution < -0.4 is 10.6 Å². The minimum atomic E-state index is -0.205. The van der Waals surface area contributed by atoms with Crippen LogP contribution in [0.5, 0.6) is 0 Å². The van der Waals surface area contributed by atoms with E-state index in [9.17, 15) is 9.59 Å². The van der Waals surface area contributed by atoms with Crippen molar-refractivity contribution in [2.24, 2.45) is 0 Å². The van der Waals surface area contributed by atoms with Gasteiger partial charge in [-0.1, -0.05) is 35.0 Å². The molecular weight excluding hydrogens is 388 g/mol. The summed E-state index contributed by atoms with van der Waals surface area (Å²) in [5.41, 5.74) is 2.41. The van der Waals surface area contributed by atoms with Crippen LogP contribution in [0, 0.1) is 13.8 Å². The van der Waals surface area contributed by atoms with Crippen LogP contribution in [0.1, 0.15) is 27.6 Å². The van der Waals surface area contributed by atoms with E-state index in [1.54, 1.807) is 19.1 Å². The maximum absolute atomic E-state index is 12.5. The number of carbonyl (C=O) groups excluding carboxylic acids is 2. The minimum absolute atomic E-state index is 0.124. The number of hydrogen-bond donors (Lipinski definition) is 2. The Balaban J connectivity index is 1.52. The van der Waals surface area contributed by atoms with Gasteiger partial charge in [0.1, 0.15) is 0 Å². The summed E-state index contributed by atoms with van der Waals surface area (Å²) in [6.45, 7) is 4.12. The van der Waals surface area contributed by atoms with Gasteiger partial charge in [0, 0.05) is 23.5 Å². The number of aromatic nitrogens is 2. The van der Waals surface area contributed by atoms with Gasteiger partial charge in [-0.25, -0.2) is 0 Å². The molecule has 150 valence electrons. The van der Waals surface area contributed by atoms with Gasteiger partial charge in [0.25, 0.3) is 5.91 Å². The number of anilines is 1. The first-order valence-electron chi connectivity index (χ1n) is 9.17. The second kappa shape index (κ2) is 9.88. The number of aryl methyl sites for hydroxylation is 2. The average Bonchev–Trinajstić information content (AvgIpc) is 3.13. The third kappa shape index (κ3) is 6.18. The lowest BCUT2D eigenvalue weighted by Crippen LogP contribution is -2.26. The van der Waals surface area contributed by atoms with Crippen molar-refractivity contribution in [3.63, 3.8) is 0 Å². The Kier molecular flexibility index (Phi) is 7.02. The van der Waals surface area contributed by atoms with Crippen molar-refractivity contribution < 1.29 is 14.1 Å². The second-order valence-corrected chi connectivity index (χ2v) is 7.46. The highest BCUT2D eigenvalue weighted by molar-refractivity contribution is 8.00. The fourth-order valence-corrected chi connectivity index (χ4v) is 3.43. The molecule has 1 aromatic heterocycles. The molecule has 0 saturated heterocycles. The SMILES string of the molecule is Cc1ccc(NC(=O)CSc2ccccc2C(=O)NCCc2nc(C)no2)cc1. The molecule has 0 unspecified atom stereocenters. The normalized spacial score (nSPS) is 10.6. The van der Waals surface area contributed by atoms with E-state index in [4.69, 9.17) is 4.52 Å². The Bertz CT molecular complexity index is 986. The third-order valence-corrected chi connectivity index (χ3v) is 5.09. The van der Waals surface area contributed by atoms with Crippen molar-refractivity contribution in [2.45, 2.75) is 25.2 Å². The molecule has 29 heavy (non-hydrogen) atoms. The van der Waals surface area contributed by atoms with Crippen LogP contribution >= 0.6 is 11.8 Å². The molecule has 0 aliphatic rings. The molecule has 2 aromatic carbocycles. The maximum atomic E-state index is 12.5. The highest BCUT2D eigenvalue weighted by atomic mass is 32.2. The number of nitrogens with one attached hydrogen (secondary N) is 2. The summed E-state index contributed by atoms with van der Waals surface area (Å²) in [5, 5.41) is 9.43. The summed E-state index contributed by atoms with van der Waals surface area (Å²) in [6, 6.07) is 14.8. The van der Waals surface area contributed by atoms with Gasteiger partial charge in [0.05, 0.1) is 11.3 Å². The monoisotopic (exact) mass is 410 g/mol. The summed E-state index contributed by atoms with van der Waals surface area (Å²) in [7, 11) is 0. The first-order chi connectivity index (χ1) is 14.0. The second-order valence-electron chi connectivity index (χ2n) is 6.44. The number of hydrogen-bond acceptors (Lipinski definition) is 6. The van der Waals surface area contributed by atoms with Crippen LogP contribution in [0.4, 0.5) is 5.69 Å². The lowest BCUT2D eigenvalue weighted by atomic mass is 10.2. The van der Waals surface area contributed by atoms with Gasteiger partial charge < -0.3 is 15.2 Å². The number of nitrogens with zero attached hydrogens (tertiary/aromatic N) is 2. The minimum Gasteiger partial charge on any atom is -0.351 e. The van der Waals surface area contributed by atoms with E-state index >= 15 is 0 Å². The van der Waals surface area contributed by atoms with Crippen molar-refractivity contribution in [3.05, 3.63) is 71.4 Å². The predicted molar refractivity (Wildman–Crippen MR) is 112 cm³/mol. The summed E-state index contributed by atoms with van der Waals surface area (Å²) in [4.78, 5) is 29.6. The molecule has 0 aliphatic heterocycles. The van der Waals surface area contributed by atoms with Gasteiger partial charge in [-0.15, -0.1) is 11.8 Å². The van der Waals surface area contributed by atoms with Crippen LogP contribution in [-0.4, -0.2) is 34.3 Å². The maximum Gasteiger partial charge on any atom is 0.252 e. The van der Waals surface area contributed by atoms with Gasteiger partial charge in [-0.3, -0.25) is 9.59 Å². The fourth-order valence-electron chi connectivity index (χ4n) is 2.58. The van der Waals surface area contributed by atoms with Crippen LogP contribution in [0.2, 0.25) is 0 Å². The van der Waals surface area contributed by atoms with Crippen LogP contribution in [-0.2, 0) is 11.2 Å². The highest BCUT2D eigenvalue weighted by Crippen LogP contribution is 2.23. The predicted octanol–water partition coefficient (Wildman–Crippen LogP) is 3.39. The van der Waals surface area contributed by atoms with E-state index in [0.717, 1.165) is 16.1 Å². The largest absolute Gasteiger partial charge is 0.351 e. The Morgan fingerprint density at radius 1 is 1.07 bits per heavy atom. The Labute approximate surface area is 173 Å². The number of benzene rings is 2. The zero-order chi connectivity index (χ0) is 20.6. The van der Waals surface area contributed by atoms with Crippen molar-refractivity contribution in [1.29, 1.82) is 0 Å². The van der Waals surface area contributed by atoms with E-state index in [1.807, 2.05) is 43.3 Å². The molecule has 0 fully saturated rings. The number of amides is 2. The summed E-state index contributed by atoms with van der Waals surface area (Å²) in [5.74, 6) is 0.929. The van der Waals surface area contributed by atoms with Gasteiger partial charge in [0.2, 0.25) is 11.8 Å². The number of carbonyl (C=O) groups is 2. The highest BCUT2D eigenvalue weighted by Gasteiger charge is 2.13. The Morgan fingerprint density at radius 3 is 2.55 bits per heavy atom. The molecule has 0 bridgehead atoms. The molecule has 2 N–H and O–H groups in total. The van der Waals surface area contributed by atoms with E-state index in [0.29, 0.717) is 30.2 Å². The standard InChI is InChI=1S/C21H22N4O3S/c1-14-7-9-16(10-8-14)24-19(26)13-29-18-6-4-3-5-17(18)21(27)22-12-11-20-23-15(2)25-28-20/h3-10H,11-13H2,1-2H3,(H,22,27)(H,24,26). The molecule has 1 heterocycles. The Morgan fingerprint density at radius 2 is 1.83 bits per heavy atom. The molecule has 3 aromatic rings. The van der Waals surface area contributed by atoms with Crippen molar-refractivity contribution in [3.8, 4) is 0 Å². The van der Waals surface area contributed by atoms with E-state index in [1.165, 1.54) is 11.8 Å². The van der Waals surface area contributed by atoms with Crippen molar-refractivity contribution in [1.82, 2.24) is 15.5 Å². The third-order valence-electron chi connectivity index (χ3n) is 4.02. The van der Waals surface area contributed by atoms with E-state index < -0.39 is 0 Å². The van der Waals surface area contributed by atoms with E-state index in [-0.39, 0.29) is 17.6 Å². The van der Waals surface area contributed by atoms with Crippen LogP contribution in [0.3, 0.4) is 0 Å². The molecule has 0 aliphatic carbocycles. The quantitative estimate of drug-likeness (QED) is 0.553. The lowest BCUT2D eigenvalue weighted by molar-refractivity contribution is -0.113. The topological polar surface area (TPSA) is 97.1 Å². The molecule has 0 saturated carbocycles. The molecular formula is C21H22N4O3S. The number of rotatable bonds is 8. The smallest absolute Gasteiger partial charge is 0.252 e. The van der Waals surface area contributed by atoms with Gasteiger partial charge >= 0.3 is 0 Å². The van der Waals surface area contributed by atoms with Crippen LogP contribution in [0.15, 0.2) is 57.9 Å². The fraction of sp³-hybridized carbons (Fsp3) is 0.238. The van der Waals surface area contributed by atoms with Crippen molar-refractivity contribution >= 4 is 29.3 Å². The zero-order valence-electron chi connectivity index (χ0n) is 16.3. The molecule has 8 heteroatoms. The summed E-state index contributed by atoms with van der Waals surface area (Å²) in [6.07, 6.45) is 0.459. The number of thioether (sulfide) groups is 1. The molecule has 0 atom stereocenters. The summed E-state index contributed by atoms with van der Waals surface area (Å²) < 4.78 is 5.03. The zero-order valence-corrected chi connectivity index (χ0v) is 17.1. The van der Waals surface area contributed by atoms with Gasteiger partial charge in [0.15, 0.2) is 5.82 Å². The molecule has 7 nitrogen and oxygen atoms in total.